The fourth-order valence-corrected chi connectivity index (χ4v) is 4.98. The SMILES string of the molecule is COc1cc(N2CCN(C(C)=O)CC2)ccc1Nc1ncc(Cl)c(Nc2ccccc2C(=O)C(=O)N2CCOCC2)n1. The number of halogens is 1. The molecule has 3 heterocycles. The van der Waals surface area contributed by atoms with Crippen molar-refractivity contribution < 1.29 is 23.9 Å². The number of hydrogen-bond acceptors (Lipinski definition) is 10. The lowest BCUT2D eigenvalue weighted by Gasteiger charge is -2.35. The van der Waals surface area contributed by atoms with Gasteiger partial charge < -0.3 is 34.8 Å². The first-order chi connectivity index (χ1) is 20.3. The molecule has 0 bridgehead atoms. The van der Waals surface area contributed by atoms with E-state index in [0.29, 0.717) is 56.5 Å². The van der Waals surface area contributed by atoms with E-state index in [0.717, 1.165) is 18.8 Å². The fraction of sp³-hybridized carbons (Fsp3) is 0.345. The summed E-state index contributed by atoms with van der Waals surface area (Å²) in [5, 5.41) is 6.49. The minimum atomic E-state index is -0.629. The third kappa shape index (κ3) is 6.55. The molecular weight excluding hydrogens is 562 g/mol. The second-order valence-electron chi connectivity index (χ2n) is 9.80. The van der Waals surface area contributed by atoms with Gasteiger partial charge in [0.1, 0.15) is 10.8 Å². The number of rotatable bonds is 8. The van der Waals surface area contributed by atoms with E-state index in [2.05, 4.69) is 25.5 Å². The van der Waals surface area contributed by atoms with Gasteiger partial charge >= 0.3 is 0 Å². The van der Waals surface area contributed by atoms with E-state index in [1.165, 1.54) is 11.1 Å². The van der Waals surface area contributed by atoms with E-state index in [1.807, 2.05) is 23.1 Å². The lowest BCUT2D eigenvalue weighted by molar-refractivity contribution is -0.130. The second-order valence-corrected chi connectivity index (χ2v) is 10.2. The van der Waals surface area contributed by atoms with Crippen molar-refractivity contribution >= 4 is 58.0 Å². The molecular formula is C29H32ClN7O5. The Hall–Kier alpha value is -4.42. The van der Waals surface area contributed by atoms with Crippen LogP contribution in [-0.4, -0.2) is 97.0 Å². The molecule has 2 aliphatic rings. The van der Waals surface area contributed by atoms with Gasteiger partial charge in [-0.25, -0.2) is 4.98 Å². The maximum atomic E-state index is 13.1. The molecule has 0 atom stereocenters. The number of nitrogens with zero attached hydrogens (tertiary/aromatic N) is 5. The Morgan fingerprint density at radius 2 is 1.67 bits per heavy atom. The minimum absolute atomic E-state index is 0.0835. The third-order valence-electron chi connectivity index (χ3n) is 7.18. The van der Waals surface area contributed by atoms with Gasteiger partial charge in [-0.05, 0) is 24.3 Å². The highest BCUT2D eigenvalue weighted by Gasteiger charge is 2.27. The van der Waals surface area contributed by atoms with Crippen LogP contribution in [0.4, 0.5) is 28.8 Å². The number of nitrogens with one attached hydrogen (secondary N) is 2. The van der Waals surface area contributed by atoms with Crippen molar-refractivity contribution in [3.05, 3.63) is 59.2 Å². The van der Waals surface area contributed by atoms with Gasteiger partial charge in [-0.15, -0.1) is 0 Å². The zero-order valence-corrected chi connectivity index (χ0v) is 24.2. The average Bonchev–Trinajstić information content (AvgIpc) is 3.03. The number of aromatic nitrogens is 2. The highest BCUT2D eigenvalue weighted by molar-refractivity contribution is 6.44. The lowest BCUT2D eigenvalue weighted by Crippen LogP contribution is -2.48. The van der Waals surface area contributed by atoms with Crippen LogP contribution in [0.25, 0.3) is 0 Å². The first-order valence-corrected chi connectivity index (χ1v) is 14.0. The summed E-state index contributed by atoms with van der Waals surface area (Å²) in [5.74, 6) is -0.0355. The Kier molecular flexibility index (Phi) is 9.03. The van der Waals surface area contributed by atoms with E-state index in [4.69, 9.17) is 21.1 Å². The Morgan fingerprint density at radius 1 is 0.929 bits per heavy atom. The normalized spacial score (nSPS) is 15.3. The predicted octanol–water partition coefficient (Wildman–Crippen LogP) is 3.34. The van der Waals surface area contributed by atoms with Crippen LogP contribution < -0.4 is 20.3 Å². The van der Waals surface area contributed by atoms with Gasteiger partial charge in [0.05, 0.1) is 43.5 Å². The highest BCUT2D eigenvalue weighted by atomic mass is 35.5. The summed E-state index contributed by atoms with van der Waals surface area (Å²) in [4.78, 5) is 52.0. The quantitative estimate of drug-likeness (QED) is 0.296. The van der Waals surface area contributed by atoms with E-state index in [1.54, 1.807) is 38.3 Å². The molecule has 0 saturated carbocycles. The molecule has 0 unspecified atom stereocenters. The van der Waals surface area contributed by atoms with E-state index in [9.17, 15) is 14.4 Å². The number of ketones is 1. The number of para-hydroxylation sites is 1. The van der Waals surface area contributed by atoms with Crippen molar-refractivity contribution in [2.24, 2.45) is 0 Å². The van der Waals surface area contributed by atoms with Gasteiger partial charge in [0.25, 0.3) is 11.7 Å². The van der Waals surface area contributed by atoms with Gasteiger partial charge in [-0.1, -0.05) is 23.7 Å². The van der Waals surface area contributed by atoms with Crippen LogP contribution in [0.5, 0.6) is 5.75 Å². The molecule has 2 saturated heterocycles. The van der Waals surface area contributed by atoms with Crippen molar-refractivity contribution in [3.63, 3.8) is 0 Å². The van der Waals surface area contributed by atoms with Crippen LogP contribution in [0.1, 0.15) is 17.3 Å². The number of anilines is 5. The third-order valence-corrected chi connectivity index (χ3v) is 7.46. The van der Waals surface area contributed by atoms with Gasteiger partial charge in [0.15, 0.2) is 5.82 Å². The molecule has 2 amide bonds. The van der Waals surface area contributed by atoms with Crippen molar-refractivity contribution in [3.8, 4) is 5.75 Å². The smallest absolute Gasteiger partial charge is 0.295 e. The van der Waals surface area contributed by atoms with Crippen molar-refractivity contribution in [1.29, 1.82) is 0 Å². The number of ether oxygens (including phenoxy) is 2. The summed E-state index contributed by atoms with van der Waals surface area (Å²) in [7, 11) is 1.58. The topological polar surface area (TPSA) is 129 Å². The predicted molar refractivity (Wildman–Crippen MR) is 159 cm³/mol. The Bertz CT molecular complexity index is 1470. The lowest BCUT2D eigenvalue weighted by atomic mass is 10.1. The largest absolute Gasteiger partial charge is 0.494 e. The number of methoxy groups -OCH3 is 1. The fourth-order valence-electron chi connectivity index (χ4n) is 4.84. The summed E-state index contributed by atoms with van der Waals surface area (Å²) in [6.07, 6.45) is 1.44. The molecule has 12 nitrogen and oxygen atoms in total. The molecule has 220 valence electrons. The number of hydrogen-bond donors (Lipinski definition) is 2. The van der Waals surface area contributed by atoms with E-state index in [-0.39, 0.29) is 28.3 Å². The van der Waals surface area contributed by atoms with Crippen molar-refractivity contribution in [1.82, 2.24) is 19.8 Å². The minimum Gasteiger partial charge on any atom is -0.494 e. The van der Waals surface area contributed by atoms with Gasteiger partial charge in [-0.2, -0.15) is 4.98 Å². The molecule has 0 aliphatic carbocycles. The standard InChI is InChI=1S/C29H32ClN7O5/c1-19(38)35-9-11-36(12-10-35)20-7-8-24(25(17-20)41-2)33-29-31-18-22(30)27(34-29)32-23-6-4-3-5-21(23)26(39)28(40)37-13-15-42-16-14-37/h3-8,17-18H,9-16H2,1-2H3,(H2,31,32,33,34). The Labute approximate surface area is 248 Å². The number of carbonyl (C=O) groups is 3. The van der Waals surface area contributed by atoms with Crippen LogP contribution in [0.3, 0.4) is 0 Å². The zero-order valence-electron chi connectivity index (χ0n) is 23.4. The first-order valence-electron chi connectivity index (χ1n) is 13.6. The highest BCUT2D eigenvalue weighted by Crippen LogP contribution is 2.33. The molecule has 0 spiro atoms. The summed E-state index contributed by atoms with van der Waals surface area (Å²) in [6.45, 7) is 5.92. The molecule has 2 fully saturated rings. The van der Waals surface area contributed by atoms with Gasteiger partial charge in [0, 0.05) is 57.9 Å². The Balaban J connectivity index is 1.32. The molecule has 5 rings (SSSR count). The number of Topliss-reactive ketones (excluding diaryl/α,β-unsaturated/α-hetero) is 1. The van der Waals surface area contributed by atoms with Crippen molar-refractivity contribution in [2.45, 2.75) is 6.92 Å². The number of amides is 2. The molecule has 2 aliphatic heterocycles. The zero-order chi connectivity index (χ0) is 29.6. The molecule has 0 radical (unpaired) electrons. The molecule has 13 heteroatoms. The van der Waals surface area contributed by atoms with Gasteiger partial charge in [-0.3, -0.25) is 14.4 Å². The first kappa shape index (κ1) is 29.1. The van der Waals surface area contributed by atoms with Crippen molar-refractivity contribution in [2.75, 3.05) is 75.1 Å². The maximum absolute atomic E-state index is 13.1. The van der Waals surface area contributed by atoms with E-state index < -0.39 is 11.7 Å². The van der Waals surface area contributed by atoms with Crippen LogP contribution >= 0.6 is 11.6 Å². The van der Waals surface area contributed by atoms with Crippen LogP contribution in [-0.2, 0) is 14.3 Å². The van der Waals surface area contributed by atoms with E-state index >= 15 is 0 Å². The monoisotopic (exact) mass is 593 g/mol. The number of morpholine rings is 1. The van der Waals surface area contributed by atoms with Crippen LogP contribution in [0, 0.1) is 0 Å². The van der Waals surface area contributed by atoms with Crippen LogP contribution in [0.15, 0.2) is 48.7 Å². The average molecular weight is 594 g/mol. The summed E-state index contributed by atoms with van der Waals surface area (Å²) in [5.41, 5.74) is 2.22. The molecule has 3 aromatic rings. The molecule has 1 aromatic heterocycles. The summed E-state index contributed by atoms with van der Waals surface area (Å²) < 4.78 is 10.9. The number of benzene rings is 2. The maximum Gasteiger partial charge on any atom is 0.295 e. The summed E-state index contributed by atoms with van der Waals surface area (Å²) in [6, 6.07) is 12.5. The Morgan fingerprint density at radius 3 is 2.38 bits per heavy atom. The summed E-state index contributed by atoms with van der Waals surface area (Å²) >= 11 is 6.42. The van der Waals surface area contributed by atoms with Gasteiger partial charge in [0.2, 0.25) is 11.9 Å². The molecule has 2 aromatic carbocycles. The molecule has 2 N–H and O–H groups in total. The van der Waals surface area contributed by atoms with Crippen LogP contribution in [0.2, 0.25) is 5.02 Å². The number of piperazine rings is 1. The number of carbonyl (C=O) groups excluding carboxylic acids is 3. The second kappa shape index (κ2) is 13.0. The molecule has 42 heavy (non-hydrogen) atoms.